The maximum atomic E-state index is 10.9. The van der Waals surface area contributed by atoms with Crippen molar-refractivity contribution in [2.75, 3.05) is 5.73 Å². The van der Waals surface area contributed by atoms with Crippen molar-refractivity contribution in [1.29, 1.82) is 0 Å². The van der Waals surface area contributed by atoms with Gasteiger partial charge in [0, 0.05) is 12.4 Å². The second-order valence-electron chi connectivity index (χ2n) is 3.91. The second kappa shape index (κ2) is 4.05. The molecule has 0 bridgehead atoms. The van der Waals surface area contributed by atoms with Crippen molar-refractivity contribution in [2.45, 2.75) is 0 Å². The fourth-order valence-corrected chi connectivity index (χ4v) is 1.73. The number of anilines is 1. The Morgan fingerprint density at radius 3 is 2.89 bits per heavy atom. The van der Waals surface area contributed by atoms with Gasteiger partial charge in [0.25, 0.3) is 0 Å². The van der Waals surface area contributed by atoms with Gasteiger partial charge in [-0.15, -0.1) is 5.10 Å². The summed E-state index contributed by atoms with van der Waals surface area (Å²) in [6.07, 6.45) is 3.00. The summed E-state index contributed by atoms with van der Waals surface area (Å²) in [4.78, 5) is 19.3. The van der Waals surface area contributed by atoms with Gasteiger partial charge < -0.3 is 10.8 Å². The number of fused-ring (bicyclic) bond motifs is 1. The largest absolute Gasteiger partial charge is 0.478 e. The van der Waals surface area contributed by atoms with Gasteiger partial charge in [0.05, 0.1) is 11.3 Å². The minimum absolute atomic E-state index is 0.0578. The highest BCUT2D eigenvalue weighted by atomic mass is 16.4. The molecular formula is C12H9N5O2. The number of pyridine rings is 2. The third-order valence-electron chi connectivity index (χ3n) is 2.60. The van der Waals surface area contributed by atoms with Crippen LogP contribution in [0.5, 0.6) is 0 Å². The topological polar surface area (TPSA) is 106 Å². The van der Waals surface area contributed by atoms with E-state index in [2.05, 4.69) is 15.1 Å². The lowest BCUT2D eigenvalue weighted by Crippen LogP contribution is -2.02. The van der Waals surface area contributed by atoms with Gasteiger partial charge in [-0.2, -0.15) is 0 Å². The van der Waals surface area contributed by atoms with Crippen LogP contribution in [0.1, 0.15) is 10.4 Å². The Morgan fingerprint density at radius 1 is 1.37 bits per heavy atom. The van der Waals surface area contributed by atoms with E-state index in [1.165, 1.54) is 16.8 Å². The van der Waals surface area contributed by atoms with Gasteiger partial charge in [0.15, 0.2) is 5.65 Å². The van der Waals surface area contributed by atoms with Gasteiger partial charge in [-0.1, -0.05) is 6.07 Å². The first-order valence-electron chi connectivity index (χ1n) is 5.46. The van der Waals surface area contributed by atoms with E-state index < -0.39 is 5.97 Å². The molecule has 0 aliphatic carbocycles. The molecule has 0 saturated carbocycles. The minimum Gasteiger partial charge on any atom is -0.478 e. The molecule has 0 aromatic carbocycles. The fourth-order valence-electron chi connectivity index (χ4n) is 1.73. The Bertz CT molecular complexity index is 766. The first kappa shape index (κ1) is 11.1. The summed E-state index contributed by atoms with van der Waals surface area (Å²) in [7, 11) is 0. The van der Waals surface area contributed by atoms with Gasteiger partial charge in [-0.3, -0.25) is 4.98 Å². The lowest BCUT2D eigenvalue weighted by molar-refractivity contribution is 0.0696. The summed E-state index contributed by atoms with van der Waals surface area (Å²) in [6.45, 7) is 0. The standard InChI is InChI=1S/C12H9N5O2/c13-8-5-7(12(18)19)6-17-11(8)15-10(16-17)9-3-1-2-4-14-9/h1-6H,13H2,(H,18,19). The van der Waals surface area contributed by atoms with E-state index in [0.29, 0.717) is 17.2 Å². The number of aromatic carboxylic acids is 1. The molecule has 0 spiro atoms. The zero-order valence-corrected chi connectivity index (χ0v) is 9.69. The average molecular weight is 255 g/mol. The maximum absolute atomic E-state index is 10.9. The third kappa shape index (κ3) is 1.86. The predicted octanol–water partition coefficient (Wildman–Crippen LogP) is 1.07. The van der Waals surface area contributed by atoms with Crippen molar-refractivity contribution in [2.24, 2.45) is 0 Å². The van der Waals surface area contributed by atoms with Crippen LogP contribution in [0, 0.1) is 0 Å². The summed E-state index contributed by atoms with van der Waals surface area (Å²) in [5, 5.41) is 13.1. The molecule has 0 amide bonds. The van der Waals surface area contributed by atoms with Crippen molar-refractivity contribution in [3.8, 4) is 11.5 Å². The Morgan fingerprint density at radius 2 is 2.21 bits per heavy atom. The summed E-state index contributed by atoms with van der Waals surface area (Å²) in [5.74, 6) is -0.668. The van der Waals surface area contributed by atoms with Crippen molar-refractivity contribution in [1.82, 2.24) is 19.6 Å². The molecule has 94 valence electrons. The number of carbonyl (C=O) groups is 1. The molecule has 0 fully saturated rings. The van der Waals surface area contributed by atoms with Crippen molar-refractivity contribution >= 4 is 17.3 Å². The van der Waals surface area contributed by atoms with Crippen LogP contribution in [0.15, 0.2) is 36.7 Å². The molecule has 3 heterocycles. The summed E-state index contributed by atoms with van der Waals surface area (Å²) in [5.41, 5.74) is 7.10. The highest BCUT2D eigenvalue weighted by Crippen LogP contribution is 2.18. The SMILES string of the molecule is Nc1cc(C(=O)O)cn2nc(-c3ccccn3)nc12. The molecule has 3 aromatic heterocycles. The molecule has 0 unspecified atom stereocenters. The van der Waals surface area contributed by atoms with E-state index in [1.54, 1.807) is 18.3 Å². The molecule has 3 N–H and O–H groups in total. The number of carboxylic acid groups (broad SMARTS) is 1. The molecule has 0 radical (unpaired) electrons. The fraction of sp³-hybridized carbons (Fsp3) is 0. The van der Waals surface area contributed by atoms with Crippen molar-refractivity contribution < 1.29 is 9.90 Å². The van der Waals surface area contributed by atoms with E-state index in [9.17, 15) is 4.79 Å². The smallest absolute Gasteiger partial charge is 0.337 e. The molecule has 19 heavy (non-hydrogen) atoms. The van der Waals surface area contributed by atoms with E-state index in [4.69, 9.17) is 10.8 Å². The van der Waals surface area contributed by atoms with Gasteiger partial charge in [0.2, 0.25) is 5.82 Å². The molecule has 7 nitrogen and oxygen atoms in total. The number of aromatic nitrogens is 4. The summed E-state index contributed by atoms with van der Waals surface area (Å²) < 4.78 is 1.35. The van der Waals surface area contributed by atoms with Crippen LogP contribution in [0.25, 0.3) is 17.2 Å². The minimum atomic E-state index is -1.07. The predicted molar refractivity (Wildman–Crippen MR) is 67.6 cm³/mol. The number of nitrogens with two attached hydrogens (primary N) is 1. The van der Waals surface area contributed by atoms with Crippen LogP contribution in [-0.2, 0) is 0 Å². The summed E-state index contributed by atoms with van der Waals surface area (Å²) >= 11 is 0. The second-order valence-corrected chi connectivity index (χ2v) is 3.91. The van der Waals surface area contributed by atoms with Crippen LogP contribution in [0.2, 0.25) is 0 Å². The highest BCUT2D eigenvalue weighted by molar-refractivity contribution is 5.89. The molecule has 0 aliphatic heterocycles. The molecular weight excluding hydrogens is 246 g/mol. The van der Waals surface area contributed by atoms with Gasteiger partial charge in [-0.05, 0) is 18.2 Å². The third-order valence-corrected chi connectivity index (χ3v) is 2.60. The van der Waals surface area contributed by atoms with Crippen LogP contribution in [0.3, 0.4) is 0 Å². The normalized spacial score (nSPS) is 10.7. The average Bonchev–Trinajstić information content (AvgIpc) is 2.84. The Kier molecular flexibility index (Phi) is 2.38. The zero-order valence-electron chi connectivity index (χ0n) is 9.69. The number of hydrogen-bond acceptors (Lipinski definition) is 5. The highest BCUT2D eigenvalue weighted by Gasteiger charge is 2.13. The number of carboxylic acids is 1. The lowest BCUT2D eigenvalue weighted by Gasteiger charge is -1.98. The molecule has 0 aliphatic rings. The van der Waals surface area contributed by atoms with Crippen molar-refractivity contribution in [3.63, 3.8) is 0 Å². The van der Waals surface area contributed by atoms with E-state index in [-0.39, 0.29) is 11.3 Å². The molecule has 3 aromatic rings. The lowest BCUT2D eigenvalue weighted by atomic mass is 10.2. The molecule has 7 heteroatoms. The first-order valence-corrected chi connectivity index (χ1v) is 5.46. The van der Waals surface area contributed by atoms with E-state index >= 15 is 0 Å². The quantitative estimate of drug-likeness (QED) is 0.709. The Balaban J connectivity index is 2.21. The van der Waals surface area contributed by atoms with E-state index in [1.807, 2.05) is 6.07 Å². The monoisotopic (exact) mass is 255 g/mol. The van der Waals surface area contributed by atoms with Crippen LogP contribution in [0.4, 0.5) is 5.69 Å². The van der Waals surface area contributed by atoms with Crippen molar-refractivity contribution in [3.05, 3.63) is 42.2 Å². The maximum Gasteiger partial charge on any atom is 0.337 e. The van der Waals surface area contributed by atoms with Gasteiger partial charge in [-0.25, -0.2) is 14.3 Å². The number of nitrogen functional groups attached to an aromatic ring is 1. The van der Waals surface area contributed by atoms with E-state index in [0.717, 1.165) is 0 Å². The molecule has 0 atom stereocenters. The van der Waals surface area contributed by atoms with Crippen LogP contribution in [-0.4, -0.2) is 30.7 Å². The van der Waals surface area contributed by atoms with Gasteiger partial charge >= 0.3 is 5.97 Å². The van der Waals surface area contributed by atoms with Crippen LogP contribution >= 0.6 is 0 Å². The zero-order chi connectivity index (χ0) is 13.4. The number of rotatable bonds is 2. The molecule has 3 rings (SSSR count). The first-order chi connectivity index (χ1) is 9.15. The number of nitrogens with zero attached hydrogens (tertiary/aromatic N) is 4. The summed E-state index contributed by atoms with van der Waals surface area (Å²) in [6, 6.07) is 6.73. The Hall–Kier alpha value is -2.96. The molecule has 0 saturated heterocycles. The Labute approximate surface area is 107 Å². The number of hydrogen-bond donors (Lipinski definition) is 2. The van der Waals surface area contributed by atoms with Gasteiger partial charge in [0.1, 0.15) is 5.69 Å². The van der Waals surface area contributed by atoms with Crippen LogP contribution < -0.4 is 5.73 Å².